The van der Waals surface area contributed by atoms with E-state index < -0.39 is 17.8 Å². The summed E-state index contributed by atoms with van der Waals surface area (Å²) >= 11 is 0. The topological polar surface area (TPSA) is 87.4 Å². The number of rotatable bonds is 4. The number of nitrogens with zero attached hydrogens (tertiary/aromatic N) is 5. The van der Waals surface area contributed by atoms with Gasteiger partial charge in [0.2, 0.25) is 5.89 Å². The van der Waals surface area contributed by atoms with Crippen LogP contribution in [0.4, 0.5) is 29.5 Å². The minimum absolute atomic E-state index is 0.0994. The summed E-state index contributed by atoms with van der Waals surface area (Å²) in [6.07, 6.45) is -2.17. The van der Waals surface area contributed by atoms with Crippen molar-refractivity contribution in [3.05, 3.63) is 54.0 Å². The number of hydrogen-bond donors (Lipinski definition) is 1. The van der Waals surface area contributed by atoms with Crippen LogP contribution >= 0.6 is 0 Å². The zero-order valence-electron chi connectivity index (χ0n) is 17.3. The number of nitrogens with one attached hydrogen (secondary N) is 1. The van der Waals surface area contributed by atoms with Crippen molar-refractivity contribution < 1.29 is 22.4 Å². The van der Waals surface area contributed by atoms with Gasteiger partial charge in [-0.05, 0) is 30.3 Å². The number of alkyl halides is 3. The van der Waals surface area contributed by atoms with Gasteiger partial charge in [0.05, 0.1) is 11.1 Å². The first-order valence-electron chi connectivity index (χ1n) is 10.1. The predicted octanol–water partition coefficient (Wildman–Crippen LogP) is 4.07. The number of benzene rings is 1. The van der Waals surface area contributed by atoms with E-state index in [-0.39, 0.29) is 5.69 Å². The Morgan fingerprint density at radius 2 is 1.91 bits per heavy atom. The molecule has 1 aliphatic heterocycles. The van der Waals surface area contributed by atoms with E-state index >= 15 is 0 Å². The first kappa shape index (κ1) is 21.6. The summed E-state index contributed by atoms with van der Waals surface area (Å²) in [5, 5.41) is 10.6. The maximum absolute atomic E-state index is 12.9. The van der Waals surface area contributed by atoms with E-state index in [1.807, 2.05) is 17.9 Å². The average molecular weight is 446 g/mol. The molecule has 1 aliphatic rings. The summed E-state index contributed by atoms with van der Waals surface area (Å²) in [6, 6.07) is 7.76. The highest BCUT2D eigenvalue weighted by Gasteiger charge is 2.31. The molecular weight excluding hydrogens is 425 g/mol. The van der Waals surface area contributed by atoms with Crippen molar-refractivity contribution in [3.63, 3.8) is 0 Å². The molecule has 4 rings (SSSR count). The maximum Gasteiger partial charge on any atom is 0.416 e. The molecule has 3 heterocycles. The van der Waals surface area contributed by atoms with E-state index in [0.29, 0.717) is 55.8 Å². The van der Waals surface area contributed by atoms with Gasteiger partial charge in [-0.2, -0.15) is 13.2 Å². The molecule has 0 saturated carbocycles. The van der Waals surface area contributed by atoms with Crippen LogP contribution in [0.2, 0.25) is 0 Å². The summed E-state index contributed by atoms with van der Waals surface area (Å²) in [5.41, 5.74) is -0.000914. The van der Waals surface area contributed by atoms with Crippen LogP contribution in [0.5, 0.6) is 0 Å². The second kappa shape index (κ2) is 8.85. The lowest BCUT2D eigenvalue weighted by Crippen LogP contribution is -2.50. The smallest absolute Gasteiger partial charge is 0.416 e. The van der Waals surface area contributed by atoms with E-state index in [2.05, 4.69) is 20.5 Å². The zero-order chi connectivity index (χ0) is 22.7. The number of hydrogen-bond acceptors (Lipinski definition) is 6. The Hall–Kier alpha value is -3.63. The normalized spacial score (nSPS) is 14.5. The van der Waals surface area contributed by atoms with Crippen molar-refractivity contribution in [2.24, 2.45) is 0 Å². The number of carbonyl (C=O) groups is 1. The van der Waals surface area contributed by atoms with Crippen molar-refractivity contribution >= 4 is 17.5 Å². The van der Waals surface area contributed by atoms with Gasteiger partial charge < -0.3 is 19.5 Å². The van der Waals surface area contributed by atoms with Crippen molar-refractivity contribution in [1.82, 2.24) is 20.1 Å². The second-order valence-corrected chi connectivity index (χ2v) is 7.21. The fraction of sp³-hybridized carbons (Fsp3) is 0.333. The van der Waals surface area contributed by atoms with Crippen molar-refractivity contribution in [2.45, 2.75) is 19.5 Å². The molecule has 0 spiro atoms. The molecule has 0 bridgehead atoms. The number of halogens is 3. The highest BCUT2D eigenvalue weighted by molar-refractivity contribution is 5.89. The number of anilines is 2. The minimum atomic E-state index is -4.47. The molecule has 0 radical (unpaired) electrons. The molecule has 2 amide bonds. The molecule has 32 heavy (non-hydrogen) atoms. The first-order valence-corrected chi connectivity index (χ1v) is 10.1. The van der Waals surface area contributed by atoms with Gasteiger partial charge in [0.1, 0.15) is 5.82 Å². The Labute approximate surface area is 182 Å². The average Bonchev–Trinajstić information content (AvgIpc) is 3.28. The number of aryl methyl sites for hydroxylation is 1. The van der Waals surface area contributed by atoms with E-state index in [1.165, 1.54) is 12.1 Å². The molecule has 1 fully saturated rings. The monoisotopic (exact) mass is 446 g/mol. The molecule has 1 N–H and O–H groups in total. The summed E-state index contributed by atoms with van der Waals surface area (Å²) in [6.45, 7) is 3.67. The summed E-state index contributed by atoms with van der Waals surface area (Å²) in [4.78, 5) is 20.6. The molecule has 1 aromatic carbocycles. The molecule has 168 valence electrons. The van der Waals surface area contributed by atoms with E-state index in [1.54, 1.807) is 17.2 Å². The van der Waals surface area contributed by atoms with Crippen LogP contribution in [-0.4, -0.2) is 52.3 Å². The van der Waals surface area contributed by atoms with Crippen molar-refractivity contribution in [3.8, 4) is 11.5 Å². The highest BCUT2D eigenvalue weighted by Crippen LogP contribution is 2.31. The standard InChI is InChI=1S/C21H21F3N6O2/c1-2-17-27-28-19(32-17)16-7-4-8-25-18(16)29-9-11-30(12-10-29)20(31)26-15-6-3-5-14(13-15)21(22,23)24/h3-8,13H,2,9-12H2,1H3,(H,26,31). The Kier molecular flexibility index (Phi) is 5.97. The number of amides is 2. The van der Waals surface area contributed by atoms with Crippen LogP contribution in [0, 0.1) is 0 Å². The molecule has 1 saturated heterocycles. The zero-order valence-corrected chi connectivity index (χ0v) is 17.3. The molecule has 3 aromatic rings. The molecular formula is C21H21F3N6O2. The molecule has 0 atom stereocenters. The fourth-order valence-electron chi connectivity index (χ4n) is 3.42. The molecule has 8 nitrogen and oxygen atoms in total. The lowest BCUT2D eigenvalue weighted by molar-refractivity contribution is -0.137. The third-order valence-corrected chi connectivity index (χ3v) is 5.09. The van der Waals surface area contributed by atoms with Gasteiger partial charge in [0.25, 0.3) is 5.89 Å². The first-order chi connectivity index (χ1) is 15.3. The van der Waals surface area contributed by atoms with Gasteiger partial charge in [-0.25, -0.2) is 9.78 Å². The number of aromatic nitrogens is 3. The van der Waals surface area contributed by atoms with Gasteiger partial charge in [0.15, 0.2) is 0 Å². The third-order valence-electron chi connectivity index (χ3n) is 5.09. The largest absolute Gasteiger partial charge is 0.421 e. The van der Waals surface area contributed by atoms with Crippen LogP contribution in [0.1, 0.15) is 18.4 Å². The fourth-order valence-corrected chi connectivity index (χ4v) is 3.42. The highest BCUT2D eigenvalue weighted by atomic mass is 19.4. The van der Waals surface area contributed by atoms with Crippen LogP contribution in [-0.2, 0) is 12.6 Å². The number of urea groups is 1. The Morgan fingerprint density at radius 1 is 1.12 bits per heavy atom. The maximum atomic E-state index is 12.9. The van der Waals surface area contributed by atoms with Gasteiger partial charge in [-0.1, -0.05) is 13.0 Å². The second-order valence-electron chi connectivity index (χ2n) is 7.21. The van der Waals surface area contributed by atoms with Gasteiger partial charge in [-0.15, -0.1) is 10.2 Å². The van der Waals surface area contributed by atoms with Crippen molar-refractivity contribution in [2.75, 3.05) is 36.4 Å². The number of carbonyl (C=O) groups excluding carboxylic acids is 1. The molecule has 2 aromatic heterocycles. The predicted molar refractivity (Wildman–Crippen MR) is 111 cm³/mol. The Balaban J connectivity index is 1.41. The summed E-state index contributed by atoms with van der Waals surface area (Å²) in [5.74, 6) is 1.59. The Bertz CT molecular complexity index is 1090. The summed E-state index contributed by atoms with van der Waals surface area (Å²) < 4.78 is 44.3. The van der Waals surface area contributed by atoms with Crippen LogP contribution in [0.15, 0.2) is 47.0 Å². The van der Waals surface area contributed by atoms with Crippen LogP contribution in [0.3, 0.4) is 0 Å². The van der Waals surface area contributed by atoms with E-state index in [0.717, 1.165) is 12.1 Å². The van der Waals surface area contributed by atoms with Crippen molar-refractivity contribution in [1.29, 1.82) is 0 Å². The quantitative estimate of drug-likeness (QED) is 0.650. The lowest BCUT2D eigenvalue weighted by atomic mass is 10.2. The molecule has 0 aliphatic carbocycles. The molecule has 11 heteroatoms. The number of piperazine rings is 1. The molecule has 0 unspecified atom stereocenters. The van der Waals surface area contributed by atoms with E-state index in [9.17, 15) is 18.0 Å². The van der Waals surface area contributed by atoms with Crippen LogP contribution in [0.25, 0.3) is 11.5 Å². The summed E-state index contributed by atoms with van der Waals surface area (Å²) in [7, 11) is 0. The SMILES string of the molecule is CCc1nnc(-c2cccnc2N2CCN(C(=O)Nc3cccc(C(F)(F)F)c3)CC2)o1. The Morgan fingerprint density at radius 3 is 2.59 bits per heavy atom. The van der Waals surface area contributed by atoms with E-state index in [4.69, 9.17) is 4.42 Å². The van der Waals surface area contributed by atoms with Gasteiger partial charge >= 0.3 is 12.2 Å². The van der Waals surface area contributed by atoms with Gasteiger partial charge in [-0.3, -0.25) is 0 Å². The number of pyridine rings is 1. The third kappa shape index (κ3) is 4.66. The lowest BCUT2D eigenvalue weighted by Gasteiger charge is -2.35. The van der Waals surface area contributed by atoms with Crippen LogP contribution < -0.4 is 10.2 Å². The minimum Gasteiger partial charge on any atom is -0.421 e. The van der Waals surface area contributed by atoms with Gasteiger partial charge in [0, 0.05) is 44.5 Å².